The first-order chi connectivity index (χ1) is 8.58. The highest BCUT2D eigenvalue weighted by Crippen LogP contribution is 2.28. The van der Waals surface area contributed by atoms with Crippen LogP contribution in [-0.4, -0.2) is 0 Å². The molecule has 0 fully saturated rings. The summed E-state index contributed by atoms with van der Waals surface area (Å²) in [5.41, 5.74) is 9.88. The van der Waals surface area contributed by atoms with Gasteiger partial charge in [0.05, 0.1) is 5.02 Å². The Bertz CT molecular complexity index is 566. The summed E-state index contributed by atoms with van der Waals surface area (Å²) in [6, 6.07) is 11.5. The van der Waals surface area contributed by atoms with Gasteiger partial charge in [-0.15, -0.1) is 0 Å². The first-order valence-corrected chi connectivity index (χ1v) is 6.18. The number of hydrogen-bond acceptors (Lipinski definition) is 2. The van der Waals surface area contributed by atoms with Gasteiger partial charge < -0.3 is 10.5 Å². The zero-order valence-electron chi connectivity index (χ0n) is 10.5. The summed E-state index contributed by atoms with van der Waals surface area (Å²) in [4.78, 5) is 0. The topological polar surface area (TPSA) is 35.2 Å². The van der Waals surface area contributed by atoms with Gasteiger partial charge in [-0.3, -0.25) is 0 Å². The van der Waals surface area contributed by atoms with Gasteiger partial charge in [0, 0.05) is 11.3 Å². The summed E-state index contributed by atoms with van der Waals surface area (Å²) in [5, 5.41) is 0.632. The van der Waals surface area contributed by atoms with E-state index in [4.69, 9.17) is 22.1 Å². The first-order valence-electron chi connectivity index (χ1n) is 5.81. The van der Waals surface area contributed by atoms with Gasteiger partial charge in [-0.1, -0.05) is 29.8 Å². The van der Waals surface area contributed by atoms with Crippen molar-refractivity contribution in [3.63, 3.8) is 0 Å². The molecule has 2 aromatic carbocycles. The molecule has 0 saturated heterocycles. The summed E-state index contributed by atoms with van der Waals surface area (Å²) in [7, 11) is 0. The standard InChI is InChI=1S/C15H16ClNO/c1-10-7-13(16)15(8-11(10)2)18-9-12-5-3-4-6-14(12)17/h3-8H,9,17H2,1-2H3. The molecule has 0 aliphatic heterocycles. The van der Waals surface area contributed by atoms with Crippen LogP contribution >= 0.6 is 11.6 Å². The maximum absolute atomic E-state index is 6.15. The summed E-state index contributed by atoms with van der Waals surface area (Å²) >= 11 is 6.15. The number of halogens is 1. The minimum atomic E-state index is 0.425. The Hall–Kier alpha value is -1.67. The molecule has 0 aliphatic rings. The van der Waals surface area contributed by atoms with Crippen LogP contribution in [0.1, 0.15) is 16.7 Å². The van der Waals surface area contributed by atoms with Gasteiger partial charge in [0.25, 0.3) is 0 Å². The van der Waals surface area contributed by atoms with Gasteiger partial charge in [-0.25, -0.2) is 0 Å². The quantitative estimate of drug-likeness (QED) is 0.844. The fourth-order valence-corrected chi connectivity index (χ4v) is 1.96. The average molecular weight is 262 g/mol. The second-order valence-corrected chi connectivity index (χ2v) is 4.76. The van der Waals surface area contributed by atoms with Crippen molar-refractivity contribution < 1.29 is 4.74 Å². The predicted octanol–water partition coefficient (Wildman–Crippen LogP) is 4.12. The second kappa shape index (κ2) is 5.32. The van der Waals surface area contributed by atoms with E-state index in [2.05, 4.69) is 0 Å². The number of rotatable bonds is 3. The molecule has 2 rings (SSSR count). The van der Waals surface area contributed by atoms with Gasteiger partial charge in [0.1, 0.15) is 12.4 Å². The minimum absolute atomic E-state index is 0.425. The Morgan fingerprint density at radius 3 is 2.50 bits per heavy atom. The summed E-state index contributed by atoms with van der Waals surface area (Å²) < 4.78 is 5.73. The molecule has 2 aromatic rings. The van der Waals surface area contributed by atoms with Crippen molar-refractivity contribution in [3.05, 3.63) is 58.1 Å². The number of anilines is 1. The van der Waals surface area contributed by atoms with Gasteiger partial charge in [-0.05, 0) is 43.2 Å². The van der Waals surface area contributed by atoms with Crippen LogP contribution < -0.4 is 10.5 Å². The number of para-hydroxylation sites is 1. The third-order valence-corrected chi connectivity index (χ3v) is 3.28. The smallest absolute Gasteiger partial charge is 0.138 e. The number of aryl methyl sites for hydroxylation is 2. The zero-order chi connectivity index (χ0) is 13.1. The van der Waals surface area contributed by atoms with Crippen LogP contribution in [-0.2, 0) is 6.61 Å². The van der Waals surface area contributed by atoms with Crippen LogP contribution in [0.2, 0.25) is 5.02 Å². The molecule has 0 saturated carbocycles. The van der Waals surface area contributed by atoms with Crippen molar-refractivity contribution in [2.45, 2.75) is 20.5 Å². The van der Waals surface area contributed by atoms with Crippen molar-refractivity contribution in [1.82, 2.24) is 0 Å². The van der Waals surface area contributed by atoms with Crippen molar-refractivity contribution in [3.8, 4) is 5.75 Å². The third-order valence-electron chi connectivity index (χ3n) is 2.99. The van der Waals surface area contributed by atoms with E-state index in [9.17, 15) is 0 Å². The fraction of sp³-hybridized carbons (Fsp3) is 0.200. The van der Waals surface area contributed by atoms with E-state index in [1.54, 1.807) is 0 Å². The molecule has 18 heavy (non-hydrogen) atoms. The van der Waals surface area contributed by atoms with Crippen molar-refractivity contribution in [2.75, 3.05) is 5.73 Å². The number of ether oxygens (including phenoxy) is 1. The molecular formula is C15H16ClNO. The van der Waals surface area contributed by atoms with Crippen molar-refractivity contribution >= 4 is 17.3 Å². The van der Waals surface area contributed by atoms with E-state index in [1.807, 2.05) is 50.2 Å². The highest BCUT2D eigenvalue weighted by molar-refractivity contribution is 6.32. The van der Waals surface area contributed by atoms with Gasteiger partial charge in [-0.2, -0.15) is 0 Å². The Morgan fingerprint density at radius 1 is 1.11 bits per heavy atom. The molecule has 3 heteroatoms. The lowest BCUT2D eigenvalue weighted by Crippen LogP contribution is -2.00. The van der Waals surface area contributed by atoms with Gasteiger partial charge in [0.15, 0.2) is 0 Å². The molecule has 0 aliphatic carbocycles. The summed E-state index contributed by atoms with van der Waals surface area (Å²) in [5.74, 6) is 0.697. The van der Waals surface area contributed by atoms with E-state index in [0.29, 0.717) is 17.4 Å². The molecule has 94 valence electrons. The van der Waals surface area contributed by atoms with Gasteiger partial charge >= 0.3 is 0 Å². The predicted molar refractivity (Wildman–Crippen MR) is 76.1 cm³/mol. The zero-order valence-corrected chi connectivity index (χ0v) is 11.3. The lowest BCUT2D eigenvalue weighted by Gasteiger charge is -2.11. The highest BCUT2D eigenvalue weighted by Gasteiger charge is 2.06. The van der Waals surface area contributed by atoms with Crippen molar-refractivity contribution in [2.24, 2.45) is 0 Å². The number of hydrogen-bond donors (Lipinski definition) is 1. The Balaban J connectivity index is 2.16. The first kappa shape index (κ1) is 12.8. The van der Waals surface area contributed by atoms with E-state index >= 15 is 0 Å². The van der Waals surface area contributed by atoms with Gasteiger partial charge in [0.2, 0.25) is 0 Å². The highest BCUT2D eigenvalue weighted by atomic mass is 35.5. The molecule has 0 heterocycles. The molecule has 0 spiro atoms. The van der Waals surface area contributed by atoms with E-state index in [1.165, 1.54) is 0 Å². The molecular weight excluding hydrogens is 246 g/mol. The maximum Gasteiger partial charge on any atom is 0.138 e. The van der Waals surface area contributed by atoms with Crippen LogP contribution in [0, 0.1) is 13.8 Å². The Labute approximate surface area is 112 Å². The minimum Gasteiger partial charge on any atom is -0.487 e. The average Bonchev–Trinajstić information content (AvgIpc) is 2.34. The van der Waals surface area contributed by atoms with E-state index < -0.39 is 0 Å². The molecule has 0 unspecified atom stereocenters. The van der Waals surface area contributed by atoms with Crippen LogP contribution in [0.25, 0.3) is 0 Å². The third kappa shape index (κ3) is 2.77. The molecule has 0 aromatic heterocycles. The Morgan fingerprint density at radius 2 is 1.78 bits per heavy atom. The van der Waals surface area contributed by atoms with Crippen LogP contribution in [0.15, 0.2) is 36.4 Å². The fourth-order valence-electron chi connectivity index (χ4n) is 1.69. The Kier molecular flexibility index (Phi) is 3.78. The molecule has 0 bridgehead atoms. The number of nitrogen functional groups attached to an aromatic ring is 1. The van der Waals surface area contributed by atoms with E-state index in [-0.39, 0.29) is 0 Å². The monoisotopic (exact) mass is 261 g/mol. The number of benzene rings is 2. The second-order valence-electron chi connectivity index (χ2n) is 4.35. The maximum atomic E-state index is 6.15. The van der Waals surface area contributed by atoms with Crippen LogP contribution in [0.3, 0.4) is 0 Å². The summed E-state index contributed by atoms with van der Waals surface area (Å²) in [6.45, 7) is 4.49. The van der Waals surface area contributed by atoms with Crippen LogP contribution in [0.5, 0.6) is 5.75 Å². The van der Waals surface area contributed by atoms with Crippen LogP contribution in [0.4, 0.5) is 5.69 Å². The molecule has 0 atom stereocenters. The van der Waals surface area contributed by atoms with Crippen molar-refractivity contribution in [1.29, 1.82) is 0 Å². The lowest BCUT2D eigenvalue weighted by atomic mass is 10.1. The molecule has 0 radical (unpaired) electrons. The summed E-state index contributed by atoms with van der Waals surface area (Å²) in [6.07, 6.45) is 0. The largest absolute Gasteiger partial charge is 0.487 e. The van der Waals surface area contributed by atoms with E-state index in [0.717, 1.165) is 22.4 Å². The molecule has 0 amide bonds. The molecule has 2 N–H and O–H groups in total. The number of nitrogens with two attached hydrogens (primary N) is 1. The normalized spacial score (nSPS) is 10.4. The molecule has 2 nitrogen and oxygen atoms in total. The lowest BCUT2D eigenvalue weighted by molar-refractivity contribution is 0.307. The SMILES string of the molecule is Cc1cc(Cl)c(OCc2ccccc2N)cc1C.